The first-order valence-electron chi connectivity index (χ1n) is 6.20. The highest BCUT2D eigenvalue weighted by Crippen LogP contribution is 2.24. The Morgan fingerprint density at radius 2 is 2.37 bits per heavy atom. The van der Waals surface area contributed by atoms with Gasteiger partial charge in [0.2, 0.25) is 0 Å². The van der Waals surface area contributed by atoms with E-state index in [1.54, 1.807) is 24.4 Å². The van der Waals surface area contributed by atoms with Crippen LogP contribution < -0.4 is 5.32 Å². The predicted molar refractivity (Wildman–Crippen MR) is 68.9 cm³/mol. The molecule has 2 aromatic rings. The number of carbonyl (C=O) groups is 1. The summed E-state index contributed by atoms with van der Waals surface area (Å²) >= 11 is 0. The van der Waals surface area contributed by atoms with E-state index in [0.29, 0.717) is 0 Å². The maximum Gasteiger partial charge on any atom is 0.335 e. The molecule has 0 amide bonds. The second-order valence-electron chi connectivity index (χ2n) is 4.60. The van der Waals surface area contributed by atoms with Gasteiger partial charge in [-0.25, -0.2) is 9.48 Å². The Labute approximate surface area is 110 Å². The third-order valence-electron chi connectivity index (χ3n) is 3.36. The lowest BCUT2D eigenvalue weighted by atomic mass is 10.1. The molecule has 1 aromatic carbocycles. The molecular weight excluding hydrogens is 244 g/mol. The predicted octanol–water partition coefficient (Wildman–Crippen LogP) is 1.18. The van der Waals surface area contributed by atoms with Gasteiger partial charge in [0.25, 0.3) is 0 Å². The minimum atomic E-state index is -0.927. The zero-order chi connectivity index (χ0) is 13.2. The van der Waals surface area contributed by atoms with Crippen molar-refractivity contribution in [3.05, 3.63) is 36.0 Å². The third-order valence-corrected chi connectivity index (χ3v) is 3.36. The Morgan fingerprint density at radius 3 is 3.11 bits per heavy atom. The van der Waals surface area contributed by atoms with Crippen molar-refractivity contribution >= 4 is 5.97 Å². The van der Waals surface area contributed by atoms with Gasteiger partial charge in [-0.15, -0.1) is 5.10 Å². The average molecular weight is 258 g/mol. The zero-order valence-electron chi connectivity index (χ0n) is 10.3. The summed E-state index contributed by atoms with van der Waals surface area (Å²) in [6, 6.07) is 7.13. The van der Waals surface area contributed by atoms with Gasteiger partial charge in [0.1, 0.15) is 0 Å². The van der Waals surface area contributed by atoms with Crippen molar-refractivity contribution < 1.29 is 9.90 Å². The molecule has 2 N–H and O–H groups in total. The van der Waals surface area contributed by atoms with Gasteiger partial charge in [0.05, 0.1) is 23.5 Å². The normalized spacial score (nSPS) is 18.6. The molecule has 0 saturated carbocycles. The van der Waals surface area contributed by atoms with E-state index >= 15 is 0 Å². The van der Waals surface area contributed by atoms with E-state index in [9.17, 15) is 4.79 Å². The number of rotatable bonds is 3. The van der Waals surface area contributed by atoms with Gasteiger partial charge in [0, 0.05) is 12.1 Å². The van der Waals surface area contributed by atoms with E-state index in [1.165, 1.54) is 0 Å². The molecule has 1 unspecified atom stereocenters. The number of carboxylic acids is 1. The van der Waals surface area contributed by atoms with Crippen LogP contribution in [0.15, 0.2) is 30.5 Å². The summed E-state index contributed by atoms with van der Waals surface area (Å²) < 4.78 is 1.88. The standard InChI is InChI=1S/C13H14N4O2/c18-13(19)10-3-1-2-9(6-10)12-8-15-16-17(12)11-4-5-14-7-11/h1-3,6,8,11,14H,4-5,7H2,(H,18,19). The number of aromatic carboxylic acids is 1. The molecule has 19 heavy (non-hydrogen) atoms. The number of aromatic nitrogens is 3. The van der Waals surface area contributed by atoms with Gasteiger partial charge in [0.15, 0.2) is 0 Å². The summed E-state index contributed by atoms with van der Waals surface area (Å²) in [5.41, 5.74) is 1.96. The van der Waals surface area contributed by atoms with Crippen molar-refractivity contribution in [3.8, 4) is 11.3 Å². The molecule has 1 aliphatic rings. The summed E-state index contributed by atoms with van der Waals surface area (Å²) in [4.78, 5) is 11.0. The molecule has 6 nitrogen and oxygen atoms in total. The van der Waals surface area contributed by atoms with Gasteiger partial charge in [-0.1, -0.05) is 17.3 Å². The summed E-state index contributed by atoms with van der Waals surface area (Å²) in [6.45, 7) is 1.84. The van der Waals surface area contributed by atoms with Gasteiger partial charge >= 0.3 is 5.97 Å². The zero-order valence-corrected chi connectivity index (χ0v) is 10.3. The van der Waals surface area contributed by atoms with Crippen molar-refractivity contribution in [3.63, 3.8) is 0 Å². The molecule has 1 fully saturated rings. The summed E-state index contributed by atoms with van der Waals surface area (Å²) in [5.74, 6) is -0.927. The fourth-order valence-electron chi connectivity index (χ4n) is 2.38. The van der Waals surface area contributed by atoms with Crippen LogP contribution >= 0.6 is 0 Å². The first-order valence-corrected chi connectivity index (χ1v) is 6.20. The van der Waals surface area contributed by atoms with Crippen LogP contribution in [0, 0.1) is 0 Å². The maximum absolute atomic E-state index is 11.0. The van der Waals surface area contributed by atoms with Crippen LogP contribution in [0.25, 0.3) is 11.3 Å². The van der Waals surface area contributed by atoms with Crippen molar-refractivity contribution in [2.45, 2.75) is 12.5 Å². The molecule has 0 bridgehead atoms. The molecule has 0 aliphatic carbocycles. The lowest BCUT2D eigenvalue weighted by Gasteiger charge is -2.12. The van der Waals surface area contributed by atoms with Crippen molar-refractivity contribution in [1.82, 2.24) is 20.3 Å². The average Bonchev–Trinajstić information content (AvgIpc) is 3.09. The van der Waals surface area contributed by atoms with Crippen molar-refractivity contribution in [2.75, 3.05) is 13.1 Å². The van der Waals surface area contributed by atoms with Crippen molar-refractivity contribution in [1.29, 1.82) is 0 Å². The number of carboxylic acid groups (broad SMARTS) is 1. The number of hydrogen-bond acceptors (Lipinski definition) is 4. The Bertz CT molecular complexity index is 602. The molecule has 1 saturated heterocycles. The second-order valence-corrected chi connectivity index (χ2v) is 4.60. The van der Waals surface area contributed by atoms with Crippen LogP contribution in [-0.2, 0) is 0 Å². The van der Waals surface area contributed by atoms with Gasteiger partial charge in [-0.3, -0.25) is 0 Å². The van der Waals surface area contributed by atoms with Crippen LogP contribution in [0.2, 0.25) is 0 Å². The molecule has 1 aromatic heterocycles. The summed E-state index contributed by atoms with van der Waals surface area (Å²) in [7, 11) is 0. The minimum Gasteiger partial charge on any atom is -0.478 e. The maximum atomic E-state index is 11.0. The largest absolute Gasteiger partial charge is 0.478 e. The molecule has 3 rings (SSSR count). The number of benzene rings is 1. The molecule has 1 atom stereocenters. The molecule has 0 radical (unpaired) electrons. The van der Waals surface area contributed by atoms with E-state index < -0.39 is 5.97 Å². The van der Waals surface area contributed by atoms with E-state index in [0.717, 1.165) is 30.8 Å². The van der Waals surface area contributed by atoms with E-state index in [2.05, 4.69) is 15.6 Å². The number of hydrogen-bond donors (Lipinski definition) is 2. The molecule has 2 heterocycles. The topological polar surface area (TPSA) is 80.0 Å². The Balaban J connectivity index is 2.00. The quantitative estimate of drug-likeness (QED) is 0.864. The van der Waals surface area contributed by atoms with Crippen LogP contribution in [0.4, 0.5) is 0 Å². The minimum absolute atomic E-state index is 0.273. The molecule has 98 valence electrons. The van der Waals surface area contributed by atoms with Crippen LogP contribution in [0.5, 0.6) is 0 Å². The summed E-state index contributed by atoms with van der Waals surface area (Å²) in [5, 5.41) is 20.4. The van der Waals surface area contributed by atoms with Crippen LogP contribution in [0.3, 0.4) is 0 Å². The van der Waals surface area contributed by atoms with E-state index in [1.807, 2.05) is 10.7 Å². The Kier molecular flexibility index (Phi) is 3.00. The number of nitrogens with zero attached hydrogens (tertiary/aromatic N) is 3. The second kappa shape index (κ2) is 4.81. The highest BCUT2D eigenvalue weighted by molar-refractivity contribution is 5.89. The van der Waals surface area contributed by atoms with Crippen molar-refractivity contribution in [2.24, 2.45) is 0 Å². The van der Waals surface area contributed by atoms with E-state index in [-0.39, 0.29) is 11.6 Å². The summed E-state index contributed by atoms with van der Waals surface area (Å²) in [6.07, 6.45) is 2.69. The van der Waals surface area contributed by atoms with Gasteiger partial charge in [-0.05, 0) is 25.1 Å². The molecule has 1 aliphatic heterocycles. The fourth-order valence-corrected chi connectivity index (χ4v) is 2.38. The first kappa shape index (κ1) is 11.9. The monoisotopic (exact) mass is 258 g/mol. The third kappa shape index (κ3) is 2.22. The smallest absolute Gasteiger partial charge is 0.335 e. The van der Waals surface area contributed by atoms with Crippen LogP contribution in [-0.4, -0.2) is 39.2 Å². The highest BCUT2D eigenvalue weighted by atomic mass is 16.4. The van der Waals surface area contributed by atoms with Crippen LogP contribution in [0.1, 0.15) is 22.8 Å². The number of nitrogens with one attached hydrogen (secondary N) is 1. The van der Waals surface area contributed by atoms with Gasteiger partial charge in [-0.2, -0.15) is 0 Å². The lowest BCUT2D eigenvalue weighted by Crippen LogP contribution is -2.15. The SMILES string of the molecule is O=C(O)c1cccc(-c2cnnn2C2CCNC2)c1. The van der Waals surface area contributed by atoms with Gasteiger partial charge < -0.3 is 10.4 Å². The van der Waals surface area contributed by atoms with E-state index in [4.69, 9.17) is 5.11 Å². The molecular formula is C13H14N4O2. The Morgan fingerprint density at radius 1 is 1.47 bits per heavy atom. The highest BCUT2D eigenvalue weighted by Gasteiger charge is 2.21. The Hall–Kier alpha value is -2.21. The first-order chi connectivity index (χ1) is 9.25. The lowest BCUT2D eigenvalue weighted by molar-refractivity contribution is 0.0697. The molecule has 6 heteroatoms. The fraction of sp³-hybridized carbons (Fsp3) is 0.308. The molecule has 0 spiro atoms.